The number of aliphatic hydroxyl groups is 1. The Labute approximate surface area is 115 Å². The van der Waals surface area contributed by atoms with Gasteiger partial charge in [0.1, 0.15) is 11.8 Å². The largest absolute Gasteiger partial charge is 0.396 e. The van der Waals surface area contributed by atoms with Crippen LogP contribution in [0.2, 0.25) is 5.15 Å². The van der Waals surface area contributed by atoms with Gasteiger partial charge in [-0.25, -0.2) is 15.0 Å². The zero-order valence-corrected chi connectivity index (χ0v) is 11.2. The number of hydrogen-bond donors (Lipinski definition) is 1. The van der Waals surface area contributed by atoms with Gasteiger partial charge in [-0.1, -0.05) is 11.6 Å². The monoisotopic (exact) mass is 278 g/mol. The van der Waals surface area contributed by atoms with E-state index in [1.54, 1.807) is 0 Å². The summed E-state index contributed by atoms with van der Waals surface area (Å²) >= 11 is 6.05. The Morgan fingerprint density at radius 1 is 1.32 bits per heavy atom. The fourth-order valence-corrected chi connectivity index (χ4v) is 3.96. The van der Waals surface area contributed by atoms with E-state index in [0.717, 1.165) is 23.9 Å². The summed E-state index contributed by atoms with van der Waals surface area (Å²) in [5, 5.41) is 9.67. The number of imidazole rings is 1. The number of rotatable bonds is 3. The first-order chi connectivity index (χ1) is 9.29. The minimum atomic E-state index is 0.257. The zero-order chi connectivity index (χ0) is 13.0. The molecule has 1 N–H and O–H groups in total. The fraction of sp³-hybridized carbons (Fsp3) is 0.615. The van der Waals surface area contributed by atoms with Crippen LogP contribution in [0.4, 0.5) is 0 Å². The van der Waals surface area contributed by atoms with Gasteiger partial charge in [-0.05, 0) is 37.0 Å². The number of nitrogens with zero attached hydrogens (tertiary/aromatic N) is 4. The number of halogens is 1. The number of aliphatic hydroxyl groups excluding tert-OH is 1. The van der Waals surface area contributed by atoms with Crippen molar-refractivity contribution < 1.29 is 5.11 Å². The average molecular weight is 279 g/mol. The highest BCUT2D eigenvalue weighted by atomic mass is 35.5. The average Bonchev–Trinajstić information content (AvgIpc) is 2.89. The highest BCUT2D eigenvalue weighted by Gasteiger charge is 2.53. The minimum absolute atomic E-state index is 0.257. The molecule has 0 unspecified atom stereocenters. The molecule has 6 heteroatoms. The summed E-state index contributed by atoms with van der Waals surface area (Å²) in [5.41, 5.74) is 1.49. The molecule has 2 fully saturated rings. The van der Waals surface area contributed by atoms with Crippen LogP contribution in [0.3, 0.4) is 0 Å². The lowest BCUT2D eigenvalue weighted by atomic mass is 9.95. The van der Waals surface area contributed by atoms with E-state index >= 15 is 0 Å². The van der Waals surface area contributed by atoms with Crippen LogP contribution in [0, 0.1) is 17.8 Å². The van der Waals surface area contributed by atoms with Gasteiger partial charge in [0.15, 0.2) is 10.8 Å². The first-order valence-electron chi connectivity index (χ1n) is 6.73. The molecule has 0 bridgehead atoms. The van der Waals surface area contributed by atoms with Crippen LogP contribution in [-0.2, 0) is 0 Å². The van der Waals surface area contributed by atoms with Crippen molar-refractivity contribution >= 4 is 22.8 Å². The molecule has 2 aliphatic rings. The van der Waals surface area contributed by atoms with E-state index in [1.807, 2.05) is 6.33 Å². The van der Waals surface area contributed by atoms with E-state index in [9.17, 15) is 5.11 Å². The van der Waals surface area contributed by atoms with E-state index in [-0.39, 0.29) is 6.61 Å². The van der Waals surface area contributed by atoms with Crippen LogP contribution in [0.1, 0.15) is 25.3 Å². The molecule has 0 aromatic carbocycles. The molecule has 0 aliphatic heterocycles. The van der Waals surface area contributed by atoms with Gasteiger partial charge in [0.2, 0.25) is 0 Å². The Balaban J connectivity index is 1.76. The molecule has 0 amide bonds. The molecule has 0 radical (unpaired) electrons. The maximum absolute atomic E-state index is 9.26. The topological polar surface area (TPSA) is 63.8 Å². The molecule has 0 spiro atoms. The maximum atomic E-state index is 9.26. The predicted molar refractivity (Wildman–Crippen MR) is 70.8 cm³/mol. The van der Waals surface area contributed by atoms with Crippen molar-refractivity contribution in [1.82, 2.24) is 19.5 Å². The van der Waals surface area contributed by atoms with Crippen LogP contribution >= 0.6 is 11.6 Å². The van der Waals surface area contributed by atoms with E-state index in [2.05, 4.69) is 19.5 Å². The third-order valence-electron chi connectivity index (χ3n) is 4.70. The molecule has 2 aromatic heterocycles. The van der Waals surface area contributed by atoms with Gasteiger partial charge in [-0.2, -0.15) is 0 Å². The normalized spacial score (nSPS) is 32.7. The van der Waals surface area contributed by atoms with Crippen molar-refractivity contribution in [2.24, 2.45) is 17.8 Å². The lowest BCUT2D eigenvalue weighted by Gasteiger charge is -2.23. The van der Waals surface area contributed by atoms with Crippen LogP contribution in [0.25, 0.3) is 11.2 Å². The molecule has 2 saturated carbocycles. The highest BCUT2D eigenvalue weighted by molar-refractivity contribution is 6.33. The van der Waals surface area contributed by atoms with E-state index in [4.69, 9.17) is 11.6 Å². The fourth-order valence-electron chi connectivity index (χ4n) is 3.78. The van der Waals surface area contributed by atoms with E-state index < -0.39 is 0 Å². The second kappa shape index (κ2) is 4.15. The van der Waals surface area contributed by atoms with Gasteiger partial charge in [-0.3, -0.25) is 0 Å². The standard InChI is InChI=1S/C13H15ClN4O/c14-12-11-13(16-5-15-12)18(6-17-11)10-4-7-3-9(7)8(10)1-2-19/h5-10,19H,1-4H2/t7-,8+,9+,10+/m1/s1. The summed E-state index contributed by atoms with van der Waals surface area (Å²) in [6.07, 6.45) is 6.67. The Morgan fingerprint density at radius 2 is 2.21 bits per heavy atom. The Hall–Kier alpha value is -1.20. The summed E-state index contributed by atoms with van der Waals surface area (Å²) in [6.45, 7) is 0.257. The van der Waals surface area contributed by atoms with Gasteiger partial charge in [-0.15, -0.1) is 0 Å². The second-order valence-corrected chi connectivity index (χ2v) is 5.99. The molecule has 2 heterocycles. The van der Waals surface area contributed by atoms with E-state index in [0.29, 0.717) is 22.6 Å². The summed E-state index contributed by atoms with van der Waals surface area (Å²) in [5.74, 6) is 2.16. The Morgan fingerprint density at radius 3 is 3.05 bits per heavy atom. The lowest BCUT2D eigenvalue weighted by molar-refractivity contribution is 0.220. The first kappa shape index (κ1) is 11.6. The van der Waals surface area contributed by atoms with Crippen LogP contribution < -0.4 is 0 Å². The van der Waals surface area contributed by atoms with Gasteiger partial charge >= 0.3 is 0 Å². The highest BCUT2D eigenvalue weighted by Crippen LogP contribution is 2.60. The van der Waals surface area contributed by atoms with Gasteiger partial charge in [0.25, 0.3) is 0 Å². The number of hydrogen-bond acceptors (Lipinski definition) is 4. The molecule has 5 nitrogen and oxygen atoms in total. The van der Waals surface area contributed by atoms with Crippen LogP contribution in [0.5, 0.6) is 0 Å². The van der Waals surface area contributed by atoms with Crippen molar-refractivity contribution in [2.45, 2.75) is 25.3 Å². The SMILES string of the molecule is OCC[C@H]1[C@H]2C[C@@H]2C[C@@H]1n1cnc2c(Cl)ncnc21. The smallest absolute Gasteiger partial charge is 0.165 e. The molecule has 2 aliphatic carbocycles. The molecule has 0 saturated heterocycles. The Bertz CT molecular complexity index is 628. The van der Waals surface area contributed by atoms with Crippen LogP contribution in [-0.4, -0.2) is 31.2 Å². The molecular weight excluding hydrogens is 264 g/mol. The predicted octanol–water partition coefficient (Wildman–Crippen LogP) is 2.06. The minimum Gasteiger partial charge on any atom is -0.396 e. The molecule has 4 rings (SSSR count). The first-order valence-corrected chi connectivity index (χ1v) is 7.11. The molecule has 19 heavy (non-hydrogen) atoms. The third kappa shape index (κ3) is 1.68. The van der Waals surface area contributed by atoms with Crippen molar-refractivity contribution in [1.29, 1.82) is 0 Å². The van der Waals surface area contributed by atoms with Crippen molar-refractivity contribution in [3.8, 4) is 0 Å². The van der Waals surface area contributed by atoms with Crippen LogP contribution in [0.15, 0.2) is 12.7 Å². The summed E-state index contributed by atoms with van der Waals surface area (Å²) in [6, 6.07) is 0.395. The van der Waals surface area contributed by atoms with Gasteiger partial charge < -0.3 is 9.67 Å². The maximum Gasteiger partial charge on any atom is 0.165 e. The van der Waals surface area contributed by atoms with Gasteiger partial charge in [0.05, 0.1) is 6.33 Å². The number of aromatic nitrogens is 4. The molecule has 2 aromatic rings. The van der Waals surface area contributed by atoms with E-state index in [1.165, 1.54) is 19.2 Å². The molecule has 100 valence electrons. The Kier molecular flexibility index (Phi) is 2.53. The second-order valence-electron chi connectivity index (χ2n) is 5.63. The van der Waals surface area contributed by atoms with Crippen molar-refractivity contribution in [2.75, 3.05) is 6.61 Å². The van der Waals surface area contributed by atoms with Gasteiger partial charge in [0, 0.05) is 12.6 Å². The summed E-state index contributed by atoms with van der Waals surface area (Å²) in [7, 11) is 0. The summed E-state index contributed by atoms with van der Waals surface area (Å²) < 4.78 is 2.13. The summed E-state index contributed by atoms with van der Waals surface area (Å²) in [4.78, 5) is 12.6. The lowest BCUT2D eigenvalue weighted by Crippen LogP contribution is -2.18. The number of fused-ring (bicyclic) bond motifs is 2. The third-order valence-corrected chi connectivity index (χ3v) is 4.98. The zero-order valence-electron chi connectivity index (χ0n) is 10.4. The van der Waals surface area contributed by atoms with Crippen molar-refractivity contribution in [3.63, 3.8) is 0 Å². The quantitative estimate of drug-likeness (QED) is 0.873. The molecular formula is C13H15ClN4O. The van der Waals surface area contributed by atoms with Crippen molar-refractivity contribution in [3.05, 3.63) is 17.8 Å². The molecule has 4 atom stereocenters.